The van der Waals surface area contributed by atoms with Gasteiger partial charge >= 0.3 is 0 Å². The molecule has 3 aromatic carbocycles. The molecule has 3 rings (SSSR count). The van der Waals surface area contributed by atoms with Gasteiger partial charge in [0.05, 0.1) is 0 Å². The summed E-state index contributed by atoms with van der Waals surface area (Å²) in [6, 6.07) is 20.5. The van der Waals surface area contributed by atoms with Gasteiger partial charge in [0, 0.05) is 34.3 Å². The average molecular weight is 479 g/mol. The second-order valence-corrected chi connectivity index (χ2v) is 8.35. The summed E-state index contributed by atoms with van der Waals surface area (Å²) in [5.74, 6) is -0.0767. The summed E-state index contributed by atoms with van der Waals surface area (Å²) in [7, 11) is 0. The van der Waals surface area contributed by atoms with Crippen molar-refractivity contribution in [2.45, 2.75) is 32.9 Å². The highest BCUT2D eigenvalue weighted by atomic mass is 35.5. The van der Waals surface area contributed by atoms with Crippen LogP contribution in [0.2, 0.25) is 5.02 Å². The SMILES string of the molecule is CCC(C)NC(=O)c1cccc(CNC(=O)COc2ccc(C(=O)c3ccc(Cl)cc3)cc2)c1. The summed E-state index contributed by atoms with van der Waals surface area (Å²) in [6.45, 7) is 4.07. The highest BCUT2D eigenvalue weighted by molar-refractivity contribution is 6.30. The van der Waals surface area contributed by atoms with Crippen LogP contribution in [0.3, 0.4) is 0 Å². The lowest BCUT2D eigenvalue weighted by Gasteiger charge is -2.12. The lowest BCUT2D eigenvalue weighted by Crippen LogP contribution is -2.32. The van der Waals surface area contributed by atoms with Gasteiger partial charge in [0.25, 0.3) is 11.8 Å². The van der Waals surface area contributed by atoms with Crippen molar-refractivity contribution in [3.8, 4) is 5.75 Å². The van der Waals surface area contributed by atoms with Crippen molar-refractivity contribution in [2.75, 3.05) is 6.61 Å². The van der Waals surface area contributed by atoms with E-state index < -0.39 is 0 Å². The Hall–Kier alpha value is -3.64. The lowest BCUT2D eigenvalue weighted by atomic mass is 10.0. The van der Waals surface area contributed by atoms with Gasteiger partial charge < -0.3 is 15.4 Å². The smallest absolute Gasteiger partial charge is 0.258 e. The minimum Gasteiger partial charge on any atom is -0.484 e. The van der Waals surface area contributed by atoms with E-state index in [1.165, 1.54) is 0 Å². The zero-order valence-corrected chi connectivity index (χ0v) is 19.9. The van der Waals surface area contributed by atoms with Crippen LogP contribution in [0.4, 0.5) is 0 Å². The molecule has 2 N–H and O–H groups in total. The third-order valence-electron chi connectivity index (χ3n) is 5.26. The summed E-state index contributed by atoms with van der Waals surface area (Å²) in [6.07, 6.45) is 0.850. The third kappa shape index (κ3) is 7.18. The molecule has 0 aliphatic carbocycles. The summed E-state index contributed by atoms with van der Waals surface area (Å²) in [5, 5.41) is 6.28. The molecule has 0 aliphatic heterocycles. The molecule has 1 atom stereocenters. The predicted molar refractivity (Wildman–Crippen MR) is 132 cm³/mol. The Balaban J connectivity index is 1.48. The van der Waals surface area contributed by atoms with E-state index in [0.717, 1.165) is 12.0 Å². The largest absolute Gasteiger partial charge is 0.484 e. The van der Waals surface area contributed by atoms with E-state index >= 15 is 0 Å². The van der Waals surface area contributed by atoms with Crippen LogP contribution in [0.5, 0.6) is 5.75 Å². The van der Waals surface area contributed by atoms with Crippen molar-refractivity contribution < 1.29 is 19.1 Å². The first-order valence-corrected chi connectivity index (χ1v) is 11.4. The molecule has 0 bridgehead atoms. The molecule has 176 valence electrons. The maximum atomic E-state index is 12.5. The standard InChI is InChI=1S/C27H27ClN2O4/c1-3-18(2)30-27(33)22-6-4-5-19(15-22)16-29-25(31)17-34-24-13-9-21(10-14-24)26(32)20-7-11-23(28)12-8-20/h4-15,18H,3,16-17H2,1-2H3,(H,29,31)(H,30,33). The van der Waals surface area contributed by atoms with Gasteiger partial charge in [-0.1, -0.05) is 30.7 Å². The number of halogens is 1. The fourth-order valence-corrected chi connectivity index (χ4v) is 3.23. The number of carbonyl (C=O) groups excluding carboxylic acids is 3. The van der Waals surface area contributed by atoms with E-state index in [1.54, 1.807) is 66.7 Å². The fourth-order valence-electron chi connectivity index (χ4n) is 3.10. The van der Waals surface area contributed by atoms with Gasteiger partial charge in [-0.3, -0.25) is 14.4 Å². The number of carbonyl (C=O) groups is 3. The molecule has 0 saturated carbocycles. The first-order chi connectivity index (χ1) is 16.4. The molecule has 0 spiro atoms. The Kier molecular flexibility index (Phi) is 8.82. The minimum atomic E-state index is -0.296. The van der Waals surface area contributed by atoms with Gasteiger partial charge in [-0.05, 0) is 79.6 Å². The van der Waals surface area contributed by atoms with Crippen LogP contribution in [0.1, 0.15) is 52.1 Å². The summed E-state index contributed by atoms with van der Waals surface area (Å²) in [4.78, 5) is 37.0. The Morgan fingerprint density at radius 2 is 1.56 bits per heavy atom. The molecule has 0 aliphatic rings. The minimum absolute atomic E-state index is 0.0950. The van der Waals surface area contributed by atoms with Crippen molar-refractivity contribution >= 4 is 29.2 Å². The van der Waals surface area contributed by atoms with E-state index in [-0.39, 0.29) is 36.8 Å². The van der Waals surface area contributed by atoms with Gasteiger partial charge in [-0.25, -0.2) is 0 Å². The number of ether oxygens (including phenoxy) is 1. The molecule has 34 heavy (non-hydrogen) atoms. The molecule has 0 saturated heterocycles. The highest BCUT2D eigenvalue weighted by Gasteiger charge is 2.11. The first-order valence-electron chi connectivity index (χ1n) is 11.1. The Labute approximate surface area is 204 Å². The zero-order valence-electron chi connectivity index (χ0n) is 19.1. The molecule has 3 aromatic rings. The Bertz CT molecular complexity index is 1140. The lowest BCUT2D eigenvalue weighted by molar-refractivity contribution is -0.123. The number of nitrogens with one attached hydrogen (secondary N) is 2. The number of hydrogen-bond acceptors (Lipinski definition) is 4. The van der Waals surface area contributed by atoms with E-state index in [0.29, 0.717) is 27.5 Å². The Morgan fingerprint density at radius 3 is 2.21 bits per heavy atom. The van der Waals surface area contributed by atoms with Crippen LogP contribution in [0, 0.1) is 0 Å². The molecule has 0 radical (unpaired) electrons. The number of amides is 2. The molecule has 2 amide bonds. The average Bonchev–Trinajstić information content (AvgIpc) is 2.86. The molecular formula is C27H27ClN2O4. The summed E-state index contributed by atoms with van der Waals surface area (Å²) >= 11 is 5.86. The van der Waals surface area contributed by atoms with Crippen LogP contribution in [0.25, 0.3) is 0 Å². The maximum Gasteiger partial charge on any atom is 0.258 e. The number of ketones is 1. The van der Waals surface area contributed by atoms with Crippen LogP contribution in [-0.2, 0) is 11.3 Å². The number of benzene rings is 3. The molecule has 0 heterocycles. The Morgan fingerprint density at radius 1 is 0.912 bits per heavy atom. The molecule has 6 nitrogen and oxygen atoms in total. The van der Waals surface area contributed by atoms with E-state index in [1.807, 2.05) is 19.9 Å². The maximum absolute atomic E-state index is 12.5. The van der Waals surface area contributed by atoms with Crippen molar-refractivity contribution in [3.05, 3.63) is 100 Å². The predicted octanol–water partition coefficient (Wildman–Crippen LogP) is 4.79. The van der Waals surface area contributed by atoms with E-state index in [9.17, 15) is 14.4 Å². The molecule has 0 aromatic heterocycles. The summed E-state index contributed by atoms with van der Waals surface area (Å²) in [5.41, 5.74) is 2.42. The van der Waals surface area contributed by atoms with Gasteiger partial charge in [0.1, 0.15) is 5.75 Å². The molecule has 0 fully saturated rings. The second kappa shape index (κ2) is 12.0. The molecule has 1 unspecified atom stereocenters. The van der Waals surface area contributed by atoms with Crippen LogP contribution in [-0.4, -0.2) is 30.2 Å². The van der Waals surface area contributed by atoms with E-state index in [2.05, 4.69) is 10.6 Å². The normalized spacial score (nSPS) is 11.4. The molecule has 7 heteroatoms. The monoisotopic (exact) mass is 478 g/mol. The first kappa shape index (κ1) is 25.0. The van der Waals surface area contributed by atoms with Crippen molar-refractivity contribution in [1.82, 2.24) is 10.6 Å². The fraction of sp³-hybridized carbons (Fsp3) is 0.222. The van der Waals surface area contributed by atoms with Crippen molar-refractivity contribution in [1.29, 1.82) is 0 Å². The number of rotatable bonds is 10. The summed E-state index contributed by atoms with van der Waals surface area (Å²) < 4.78 is 5.53. The zero-order chi connectivity index (χ0) is 24.5. The van der Waals surface area contributed by atoms with Crippen LogP contribution in [0.15, 0.2) is 72.8 Å². The highest BCUT2D eigenvalue weighted by Crippen LogP contribution is 2.17. The quantitative estimate of drug-likeness (QED) is 0.410. The molecular weight excluding hydrogens is 452 g/mol. The van der Waals surface area contributed by atoms with Gasteiger partial charge in [0.15, 0.2) is 12.4 Å². The topological polar surface area (TPSA) is 84.5 Å². The van der Waals surface area contributed by atoms with Crippen molar-refractivity contribution in [3.63, 3.8) is 0 Å². The third-order valence-corrected chi connectivity index (χ3v) is 5.51. The van der Waals surface area contributed by atoms with E-state index in [4.69, 9.17) is 16.3 Å². The van der Waals surface area contributed by atoms with Gasteiger partial charge in [-0.15, -0.1) is 0 Å². The van der Waals surface area contributed by atoms with Crippen LogP contribution >= 0.6 is 11.6 Å². The van der Waals surface area contributed by atoms with Gasteiger partial charge in [-0.2, -0.15) is 0 Å². The van der Waals surface area contributed by atoms with Crippen molar-refractivity contribution in [2.24, 2.45) is 0 Å². The number of hydrogen-bond donors (Lipinski definition) is 2. The van der Waals surface area contributed by atoms with Crippen LogP contribution < -0.4 is 15.4 Å². The second-order valence-electron chi connectivity index (χ2n) is 7.91. The van der Waals surface area contributed by atoms with Gasteiger partial charge in [0.2, 0.25) is 0 Å².